The van der Waals surface area contributed by atoms with Crippen LogP contribution in [0.1, 0.15) is 77.7 Å². The van der Waals surface area contributed by atoms with Crippen LogP contribution in [0, 0.1) is 19.8 Å². The van der Waals surface area contributed by atoms with E-state index in [1.807, 2.05) is 13.8 Å². The van der Waals surface area contributed by atoms with Crippen molar-refractivity contribution in [1.82, 2.24) is 25.2 Å². The van der Waals surface area contributed by atoms with E-state index < -0.39 is 29.5 Å². The largest absolute Gasteiger partial charge is 0.416 e. The van der Waals surface area contributed by atoms with Crippen molar-refractivity contribution in [1.29, 1.82) is 0 Å². The summed E-state index contributed by atoms with van der Waals surface area (Å²) >= 11 is 0. The van der Waals surface area contributed by atoms with Gasteiger partial charge in [-0.15, -0.1) is 0 Å². The summed E-state index contributed by atoms with van der Waals surface area (Å²) in [4.78, 5) is 30.3. The minimum absolute atomic E-state index is 0.0293. The van der Waals surface area contributed by atoms with E-state index in [9.17, 15) is 22.8 Å². The van der Waals surface area contributed by atoms with Crippen molar-refractivity contribution in [3.05, 3.63) is 58.5 Å². The van der Waals surface area contributed by atoms with E-state index in [1.165, 1.54) is 30.7 Å². The fourth-order valence-electron chi connectivity index (χ4n) is 3.75. The van der Waals surface area contributed by atoms with Crippen LogP contribution in [-0.4, -0.2) is 31.6 Å². The third kappa shape index (κ3) is 4.59. The lowest BCUT2D eigenvalue weighted by atomic mass is 10.0. The number of alkyl halides is 3. The lowest BCUT2D eigenvalue weighted by molar-refractivity contribution is -0.137. The number of hydrogen-bond acceptors (Lipinski definition) is 6. The van der Waals surface area contributed by atoms with Crippen LogP contribution < -0.4 is 5.32 Å². The second-order valence-electron chi connectivity index (χ2n) is 8.80. The van der Waals surface area contributed by atoms with E-state index in [1.54, 1.807) is 0 Å². The monoisotopic (exact) mass is 475 g/mol. The smallest absolute Gasteiger partial charge is 0.337 e. The molecule has 0 radical (unpaired) electrons. The van der Waals surface area contributed by atoms with E-state index in [-0.39, 0.29) is 40.4 Å². The van der Waals surface area contributed by atoms with Gasteiger partial charge in [0.05, 0.1) is 28.2 Å². The first kappa shape index (κ1) is 23.7. The Balaban J connectivity index is 1.59. The number of carbonyl (C=O) groups excluding carboxylic acids is 2. The third-order valence-corrected chi connectivity index (χ3v) is 5.76. The summed E-state index contributed by atoms with van der Waals surface area (Å²) in [5, 5.41) is 10.8. The van der Waals surface area contributed by atoms with Crippen LogP contribution in [-0.2, 0) is 11.0 Å². The number of Topliss-reactive ketones (excluding diaryl/α,β-unsaturated/α-hetero) is 1. The lowest BCUT2D eigenvalue weighted by Gasteiger charge is -2.18. The molecule has 1 atom stereocenters. The van der Waals surface area contributed by atoms with Crippen LogP contribution in [0.5, 0.6) is 0 Å². The number of ketones is 1. The Kier molecular flexibility index (Phi) is 6.05. The van der Waals surface area contributed by atoms with Gasteiger partial charge in [-0.2, -0.15) is 23.3 Å². The molecule has 1 amide bonds. The maximum Gasteiger partial charge on any atom is 0.416 e. The first-order chi connectivity index (χ1) is 16.0. The summed E-state index contributed by atoms with van der Waals surface area (Å²) in [7, 11) is 0. The molecule has 1 unspecified atom stereocenters. The molecule has 4 rings (SSSR count). The Morgan fingerprint density at radius 3 is 2.53 bits per heavy atom. The van der Waals surface area contributed by atoms with E-state index in [4.69, 9.17) is 4.52 Å². The predicted octanol–water partition coefficient (Wildman–Crippen LogP) is 4.46. The molecule has 180 valence electrons. The molecule has 1 aliphatic carbocycles. The number of nitrogens with zero attached hydrogens (tertiary/aromatic N) is 4. The number of nitrogens with one attached hydrogen (secondary N) is 1. The van der Waals surface area contributed by atoms with Crippen LogP contribution >= 0.6 is 0 Å². The maximum atomic E-state index is 13.1. The van der Waals surface area contributed by atoms with Gasteiger partial charge in [-0.1, -0.05) is 25.1 Å². The van der Waals surface area contributed by atoms with Crippen molar-refractivity contribution in [3.8, 4) is 5.69 Å². The number of halogens is 3. The zero-order valence-electron chi connectivity index (χ0n) is 19.1. The van der Waals surface area contributed by atoms with Gasteiger partial charge in [0.25, 0.3) is 11.7 Å². The van der Waals surface area contributed by atoms with Crippen molar-refractivity contribution in [3.63, 3.8) is 0 Å². The molecule has 1 fully saturated rings. The molecular formula is C23H24F3N5O3. The summed E-state index contributed by atoms with van der Waals surface area (Å²) < 4.78 is 45.9. The summed E-state index contributed by atoms with van der Waals surface area (Å²) in [5.41, 5.74) is -0.194. The fourth-order valence-corrected chi connectivity index (χ4v) is 3.75. The summed E-state index contributed by atoms with van der Waals surface area (Å²) in [6.45, 7) is 6.75. The zero-order valence-corrected chi connectivity index (χ0v) is 19.1. The highest BCUT2D eigenvalue weighted by atomic mass is 19.4. The van der Waals surface area contributed by atoms with Gasteiger partial charge in [0, 0.05) is 5.92 Å². The molecule has 1 N–H and O–H groups in total. The van der Waals surface area contributed by atoms with Crippen molar-refractivity contribution in [2.45, 2.75) is 58.7 Å². The van der Waals surface area contributed by atoms with Gasteiger partial charge in [0.1, 0.15) is 6.04 Å². The predicted molar refractivity (Wildman–Crippen MR) is 114 cm³/mol. The minimum Gasteiger partial charge on any atom is -0.337 e. The van der Waals surface area contributed by atoms with E-state index >= 15 is 0 Å². The quantitative estimate of drug-likeness (QED) is 0.400. The van der Waals surface area contributed by atoms with E-state index in [2.05, 4.69) is 20.6 Å². The first-order valence-corrected chi connectivity index (χ1v) is 10.9. The van der Waals surface area contributed by atoms with Crippen molar-refractivity contribution in [2.24, 2.45) is 5.92 Å². The molecule has 0 aliphatic heterocycles. The molecule has 8 nitrogen and oxygen atoms in total. The molecule has 1 saturated carbocycles. The molecule has 11 heteroatoms. The van der Waals surface area contributed by atoms with Gasteiger partial charge in [0.15, 0.2) is 5.82 Å². The highest BCUT2D eigenvalue weighted by Gasteiger charge is 2.34. The van der Waals surface area contributed by atoms with E-state index in [0.717, 1.165) is 25.0 Å². The summed E-state index contributed by atoms with van der Waals surface area (Å²) in [6, 6.07) is 3.93. The Morgan fingerprint density at radius 2 is 1.91 bits per heavy atom. The molecule has 1 aromatic carbocycles. The molecule has 0 bridgehead atoms. The summed E-state index contributed by atoms with van der Waals surface area (Å²) in [6.07, 6.45) is -2.54. The van der Waals surface area contributed by atoms with Crippen molar-refractivity contribution < 1.29 is 27.3 Å². The molecule has 0 saturated heterocycles. The lowest BCUT2D eigenvalue weighted by Crippen LogP contribution is -2.37. The minimum atomic E-state index is -4.52. The highest BCUT2D eigenvalue weighted by molar-refractivity contribution is 6.43. The molecular weight excluding hydrogens is 451 g/mol. The van der Waals surface area contributed by atoms with Crippen LogP contribution in [0.2, 0.25) is 0 Å². The van der Waals surface area contributed by atoms with Gasteiger partial charge in [0.2, 0.25) is 5.89 Å². The number of aryl methyl sites for hydroxylation is 1. The van der Waals surface area contributed by atoms with Crippen LogP contribution in [0.4, 0.5) is 13.2 Å². The molecule has 3 aromatic rings. The van der Waals surface area contributed by atoms with Crippen LogP contribution in [0.15, 0.2) is 28.8 Å². The standard InChI is InChI=1S/C23H24F3N5O3/c1-11(2)18(22-28-20(30-34-22)14-8-9-14)27-21(33)19(32)17-12(3)29-31(13(17)4)16-7-5-6-15(10-16)23(24,25)26/h5-7,10-11,14,18H,8-9H2,1-4H3,(H,27,33). The Labute approximate surface area is 193 Å². The Hall–Kier alpha value is -3.50. The molecule has 1 aliphatic rings. The molecule has 0 spiro atoms. The third-order valence-electron chi connectivity index (χ3n) is 5.76. The van der Waals surface area contributed by atoms with Gasteiger partial charge < -0.3 is 9.84 Å². The Morgan fingerprint density at radius 1 is 1.21 bits per heavy atom. The number of hydrogen-bond donors (Lipinski definition) is 1. The number of benzene rings is 1. The average molecular weight is 475 g/mol. The Bertz CT molecular complexity index is 1240. The number of carbonyl (C=O) groups is 2. The van der Waals surface area contributed by atoms with Crippen molar-refractivity contribution >= 4 is 11.7 Å². The molecule has 2 aromatic heterocycles. The SMILES string of the molecule is Cc1nn(-c2cccc(C(F)(F)F)c2)c(C)c1C(=O)C(=O)NC(c1nc(C2CC2)no1)C(C)C. The average Bonchev–Trinajstić information content (AvgIpc) is 3.43. The molecule has 34 heavy (non-hydrogen) atoms. The summed E-state index contributed by atoms with van der Waals surface area (Å²) in [5.74, 6) is -0.782. The maximum absolute atomic E-state index is 13.1. The second-order valence-corrected chi connectivity index (χ2v) is 8.80. The van der Waals surface area contributed by atoms with Crippen molar-refractivity contribution in [2.75, 3.05) is 0 Å². The van der Waals surface area contributed by atoms with Crippen LogP contribution in [0.25, 0.3) is 5.69 Å². The molecule has 2 heterocycles. The van der Waals surface area contributed by atoms with Gasteiger partial charge in [-0.05, 0) is 50.8 Å². The number of aromatic nitrogens is 4. The second kappa shape index (κ2) is 8.69. The van der Waals surface area contributed by atoms with Crippen LogP contribution in [0.3, 0.4) is 0 Å². The van der Waals surface area contributed by atoms with Gasteiger partial charge in [-0.25, -0.2) is 4.68 Å². The highest BCUT2D eigenvalue weighted by Crippen LogP contribution is 2.38. The van der Waals surface area contributed by atoms with Gasteiger partial charge in [-0.3, -0.25) is 9.59 Å². The zero-order chi connectivity index (χ0) is 24.8. The number of rotatable bonds is 7. The van der Waals surface area contributed by atoms with E-state index in [0.29, 0.717) is 5.82 Å². The number of amides is 1. The topological polar surface area (TPSA) is 103 Å². The van der Waals surface area contributed by atoms with Gasteiger partial charge >= 0.3 is 6.18 Å². The fraction of sp³-hybridized carbons (Fsp3) is 0.435. The normalized spacial score (nSPS) is 14.9. The first-order valence-electron chi connectivity index (χ1n) is 10.9.